The molecule has 2 heterocycles. The number of nitrogens with zero attached hydrogens (tertiary/aromatic N) is 2. The number of benzene rings is 1. The van der Waals surface area contributed by atoms with Crippen molar-refractivity contribution < 1.29 is 9.59 Å². The zero-order chi connectivity index (χ0) is 19.0. The van der Waals surface area contributed by atoms with E-state index in [2.05, 4.69) is 15.5 Å². The molecule has 3 aliphatic rings. The number of anilines is 1. The molecule has 27 heavy (non-hydrogen) atoms. The van der Waals surface area contributed by atoms with Crippen LogP contribution in [0.1, 0.15) is 55.3 Å². The van der Waals surface area contributed by atoms with E-state index in [4.69, 9.17) is 11.6 Å². The van der Waals surface area contributed by atoms with E-state index >= 15 is 0 Å². The third-order valence-electron chi connectivity index (χ3n) is 6.36. The monoisotopic (exact) mass is 390 g/mol. The molecule has 1 aromatic rings. The van der Waals surface area contributed by atoms with Gasteiger partial charge in [0.15, 0.2) is 0 Å². The van der Waals surface area contributed by atoms with E-state index in [1.807, 2.05) is 18.0 Å². The lowest BCUT2D eigenvalue weighted by Crippen LogP contribution is -2.67. The van der Waals surface area contributed by atoms with Crippen molar-refractivity contribution in [2.45, 2.75) is 56.7 Å². The molecule has 6 nitrogen and oxygen atoms in total. The summed E-state index contributed by atoms with van der Waals surface area (Å²) < 4.78 is 0. The number of carbonyl (C=O) groups excluding carboxylic acids is 2. The highest BCUT2D eigenvalue weighted by Gasteiger charge is 2.45. The van der Waals surface area contributed by atoms with Crippen LogP contribution < -0.4 is 15.5 Å². The van der Waals surface area contributed by atoms with Crippen molar-refractivity contribution in [3.8, 4) is 0 Å². The number of amides is 3. The highest BCUT2D eigenvalue weighted by molar-refractivity contribution is 6.31. The van der Waals surface area contributed by atoms with Crippen LogP contribution in [0.4, 0.5) is 10.5 Å². The van der Waals surface area contributed by atoms with Crippen LogP contribution in [0.2, 0.25) is 5.02 Å². The standard InChI is InChI=1S/C20H27ClN4O2/c1-24-17-13-14(21)7-8-16(17)18(26)23-20(24)9-11-25(12-10-20)19(27)22-15-5-3-2-4-6-15/h7-8,13,15H,2-6,9-12H2,1H3,(H,22,27)(H,23,26). The number of urea groups is 1. The Morgan fingerprint density at radius 3 is 2.63 bits per heavy atom. The fourth-order valence-electron chi connectivity index (χ4n) is 4.62. The number of nitrogens with one attached hydrogen (secondary N) is 2. The predicted molar refractivity (Wildman–Crippen MR) is 106 cm³/mol. The second kappa shape index (κ2) is 7.23. The number of halogens is 1. The van der Waals surface area contributed by atoms with E-state index in [0.717, 1.165) is 18.5 Å². The summed E-state index contributed by atoms with van der Waals surface area (Å²) in [4.78, 5) is 29.2. The number of hydrogen-bond acceptors (Lipinski definition) is 3. The van der Waals surface area contributed by atoms with Crippen LogP contribution in [-0.2, 0) is 0 Å². The maximum atomic E-state index is 12.6. The number of fused-ring (bicyclic) bond motifs is 1. The van der Waals surface area contributed by atoms with Gasteiger partial charge in [-0.2, -0.15) is 0 Å². The summed E-state index contributed by atoms with van der Waals surface area (Å²) in [7, 11) is 1.99. The Labute approximate surface area is 165 Å². The molecule has 146 valence electrons. The Balaban J connectivity index is 1.43. The van der Waals surface area contributed by atoms with Gasteiger partial charge in [-0.3, -0.25) is 4.79 Å². The van der Waals surface area contributed by atoms with E-state index in [9.17, 15) is 9.59 Å². The van der Waals surface area contributed by atoms with Crippen LogP contribution in [0.3, 0.4) is 0 Å². The van der Waals surface area contributed by atoms with E-state index in [-0.39, 0.29) is 11.9 Å². The lowest BCUT2D eigenvalue weighted by Gasteiger charge is -2.51. The fourth-order valence-corrected chi connectivity index (χ4v) is 4.79. The molecule has 0 atom stereocenters. The number of rotatable bonds is 1. The SMILES string of the molecule is CN1c2cc(Cl)ccc2C(=O)NC12CCN(C(=O)NC1CCCCC1)CC2. The highest BCUT2D eigenvalue weighted by Crippen LogP contribution is 2.37. The molecular weight excluding hydrogens is 364 g/mol. The number of likely N-dealkylation sites (tertiary alicyclic amines) is 1. The predicted octanol–water partition coefficient (Wildman–Crippen LogP) is 3.35. The molecule has 0 bridgehead atoms. The van der Waals surface area contributed by atoms with Crippen molar-refractivity contribution in [2.24, 2.45) is 0 Å². The van der Waals surface area contributed by atoms with Gasteiger partial charge in [-0.05, 0) is 31.0 Å². The molecule has 0 radical (unpaired) electrons. The summed E-state index contributed by atoms with van der Waals surface area (Å²) in [6, 6.07) is 5.70. The fraction of sp³-hybridized carbons (Fsp3) is 0.600. The van der Waals surface area contributed by atoms with Gasteiger partial charge in [-0.1, -0.05) is 30.9 Å². The van der Waals surface area contributed by atoms with Crippen molar-refractivity contribution in [1.82, 2.24) is 15.5 Å². The average Bonchev–Trinajstić information content (AvgIpc) is 2.67. The van der Waals surface area contributed by atoms with Gasteiger partial charge in [0.2, 0.25) is 0 Å². The quantitative estimate of drug-likeness (QED) is 0.772. The minimum Gasteiger partial charge on any atom is -0.351 e. The normalized spacial score (nSPS) is 22.4. The summed E-state index contributed by atoms with van der Waals surface area (Å²) in [6.07, 6.45) is 7.23. The first-order valence-electron chi connectivity index (χ1n) is 9.90. The topological polar surface area (TPSA) is 64.7 Å². The van der Waals surface area contributed by atoms with Crippen LogP contribution in [-0.4, -0.2) is 48.7 Å². The summed E-state index contributed by atoms with van der Waals surface area (Å²) in [5.41, 5.74) is 1.03. The van der Waals surface area contributed by atoms with E-state index in [0.29, 0.717) is 42.6 Å². The van der Waals surface area contributed by atoms with Gasteiger partial charge in [0, 0.05) is 44.0 Å². The van der Waals surface area contributed by atoms with Crippen molar-refractivity contribution >= 4 is 29.2 Å². The molecule has 1 saturated carbocycles. The summed E-state index contributed by atoms with van der Waals surface area (Å²) in [5.74, 6) is -0.0696. The molecule has 1 aromatic carbocycles. The second-order valence-electron chi connectivity index (χ2n) is 7.98. The van der Waals surface area contributed by atoms with Crippen LogP contribution >= 0.6 is 11.6 Å². The number of carbonyl (C=O) groups is 2. The Hall–Kier alpha value is -1.95. The number of hydrogen-bond donors (Lipinski definition) is 2. The Kier molecular flexibility index (Phi) is 4.93. The van der Waals surface area contributed by atoms with Crippen molar-refractivity contribution in [3.63, 3.8) is 0 Å². The molecule has 2 aliphatic heterocycles. The first kappa shape index (κ1) is 18.4. The highest BCUT2D eigenvalue weighted by atomic mass is 35.5. The van der Waals surface area contributed by atoms with Gasteiger partial charge in [-0.15, -0.1) is 0 Å². The van der Waals surface area contributed by atoms with Gasteiger partial charge in [0.25, 0.3) is 5.91 Å². The molecule has 4 rings (SSSR count). The molecule has 3 amide bonds. The zero-order valence-electron chi connectivity index (χ0n) is 15.8. The Morgan fingerprint density at radius 1 is 1.22 bits per heavy atom. The van der Waals surface area contributed by atoms with Crippen molar-refractivity contribution in [2.75, 3.05) is 25.0 Å². The first-order valence-corrected chi connectivity index (χ1v) is 10.3. The smallest absolute Gasteiger partial charge is 0.317 e. The van der Waals surface area contributed by atoms with Crippen molar-refractivity contribution in [3.05, 3.63) is 28.8 Å². The zero-order valence-corrected chi connectivity index (χ0v) is 16.5. The Bertz CT molecular complexity index is 739. The molecule has 0 unspecified atom stereocenters. The lowest BCUT2D eigenvalue weighted by atomic mass is 9.90. The van der Waals surface area contributed by atoms with Crippen LogP contribution in [0.15, 0.2) is 18.2 Å². The van der Waals surface area contributed by atoms with Crippen LogP contribution in [0.5, 0.6) is 0 Å². The summed E-state index contributed by atoms with van der Waals surface area (Å²) >= 11 is 6.15. The Morgan fingerprint density at radius 2 is 1.93 bits per heavy atom. The van der Waals surface area contributed by atoms with Gasteiger partial charge in [0.1, 0.15) is 5.66 Å². The minimum absolute atomic E-state index is 0.0324. The lowest BCUT2D eigenvalue weighted by molar-refractivity contribution is 0.0808. The molecule has 1 saturated heterocycles. The molecule has 0 aromatic heterocycles. The van der Waals surface area contributed by atoms with Crippen LogP contribution in [0.25, 0.3) is 0 Å². The first-order chi connectivity index (χ1) is 13.0. The maximum absolute atomic E-state index is 12.6. The summed E-state index contributed by atoms with van der Waals surface area (Å²) in [6.45, 7) is 1.25. The third kappa shape index (κ3) is 3.47. The molecule has 1 aliphatic carbocycles. The second-order valence-corrected chi connectivity index (χ2v) is 8.41. The number of piperidine rings is 1. The molecule has 2 fully saturated rings. The van der Waals surface area contributed by atoms with Crippen molar-refractivity contribution in [1.29, 1.82) is 0 Å². The van der Waals surface area contributed by atoms with Gasteiger partial charge in [-0.25, -0.2) is 4.79 Å². The summed E-state index contributed by atoms with van der Waals surface area (Å²) in [5, 5.41) is 7.00. The maximum Gasteiger partial charge on any atom is 0.317 e. The van der Waals surface area contributed by atoms with Gasteiger partial charge < -0.3 is 20.4 Å². The van der Waals surface area contributed by atoms with Gasteiger partial charge in [0.05, 0.1) is 11.3 Å². The molecule has 7 heteroatoms. The van der Waals surface area contributed by atoms with Crippen LogP contribution in [0, 0.1) is 0 Å². The van der Waals surface area contributed by atoms with E-state index in [1.165, 1.54) is 19.3 Å². The largest absolute Gasteiger partial charge is 0.351 e. The molecule has 2 N–H and O–H groups in total. The van der Waals surface area contributed by atoms with E-state index < -0.39 is 5.66 Å². The van der Waals surface area contributed by atoms with Gasteiger partial charge >= 0.3 is 6.03 Å². The average molecular weight is 391 g/mol. The van der Waals surface area contributed by atoms with E-state index in [1.54, 1.807) is 12.1 Å². The molecule has 1 spiro atoms. The molecular formula is C20H27ClN4O2. The minimum atomic E-state index is -0.462. The third-order valence-corrected chi connectivity index (χ3v) is 6.60.